The number of carbonyl (C=O) groups is 3. The van der Waals surface area contributed by atoms with Gasteiger partial charge in [-0.3, -0.25) is 19.6 Å². The van der Waals surface area contributed by atoms with Gasteiger partial charge in [0.15, 0.2) is 11.6 Å². The van der Waals surface area contributed by atoms with Crippen LogP contribution in [-0.4, -0.2) is 53.3 Å². The van der Waals surface area contributed by atoms with Gasteiger partial charge in [-0.25, -0.2) is 0 Å². The van der Waals surface area contributed by atoms with Crippen LogP contribution in [0.5, 0.6) is 11.5 Å². The Hall–Kier alpha value is -3.63. The maximum atomic E-state index is 14.5. The van der Waals surface area contributed by atoms with Crippen molar-refractivity contribution in [2.24, 2.45) is 5.92 Å². The van der Waals surface area contributed by atoms with Crippen LogP contribution in [0.4, 0.5) is 0 Å². The SMILES string of the molecule is COc1cc(C(=O)[C@@H]2C(=O)c3cc(-c4cncc(C(=O)[O-])c4)ccc3OC23CCNCC3)cc2c(C3CC3)nccc12.[Na+]. The van der Waals surface area contributed by atoms with Gasteiger partial charge in [-0.15, -0.1) is 0 Å². The van der Waals surface area contributed by atoms with Gasteiger partial charge in [-0.1, -0.05) is 6.07 Å². The predicted octanol–water partition coefficient (Wildman–Crippen LogP) is 0.747. The van der Waals surface area contributed by atoms with E-state index in [-0.39, 0.29) is 52.3 Å². The summed E-state index contributed by atoms with van der Waals surface area (Å²) < 4.78 is 12.3. The molecule has 0 unspecified atom stereocenters. The summed E-state index contributed by atoms with van der Waals surface area (Å²) in [5.41, 5.74) is 1.64. The number of rotatable bonds is 6. The van der Waals surface area contributed by atoms with Crippen LogP contribution in [0.1, 0.15) is 68.4 Å². The van der Waals surface area contributed by atoms with Gasteiger partial charge in [0.05, 0.1) is 24.3 Å². The molecule has 1 saturated heterocycles. The molecule has 1 aliphatic carbocycles. The van der Waals surface area contributed by atoms with Crippen molar-refractivity contribution in [1.29, 1.82) is 0 Å². The zero-order chi connectivity index (χ0) is 29.0. The molecule has 3 aliphatic rings. The van der Waals surface area contributed by atoms with Crippen LogP contribution < -0.4 is 49.5 Å². The average molecular weight is 586 g/mol. The Kier molecular flexibility index (Phi) is 7.85. The molecule has 0 bridgehead atoms. The smallest absolute Gasteiger partial charge is 0.545 e. The largest absolute Gasteiger partial charge is 1.00 e. The number of aromatic nitrogens is 2. The van der Waals surface area contributed by atoms with Gasteiger partial charge >= 0.3 is 29.6 Å². The maximum Gasteiger partial charge on any atom is 1.00 e. The van der Waals surface area contributed by atoms with Crippen molar-refractivity contribution in [3.8, 4) is 22.6 Å². The second-order valence-corrected chi connectivity index (χ2v) is 11.3. The van der Waals surface area contributed by atoms with Crippen molar-refractivity contribution in [3.63, 3.8) is 0 Å². The van der Waals surface area contributed by atoms with Crippen molar-refractivity contribution in [2.75, 3.05) is 20.2 Å². The van der Waals surface area contributed by atoms with E-state index in [4.69, 9.17) is 9.47 Å². The Labute approximate surface area is 270 Å². The van der Waals surface area contributed by atoms with Crippen molar-refractivity contribution in [3.05, 3.63) is 83.4 Å². The Morgan fingerprint density at radius 3 is 2.51 bits per heavy atom. The molecule has 1 N–H and O–H groups in total. The van der Waals surface area contributed by atoms with Crippen LogP contribution >= 0.6 is 0 Å². The minimum absolute atomic E-state index is 0. The van der Waals surface area contributed by atoms with Crippen LogP contribution in [0.2, 0.25) is 0 Å². The quantitative estimate of drug-likeness (QED) is 0.198. The fourth-order valence-corrected chi connectivity index (χ4v) is 6.40. The number of methoxy groups -OCH3 is 1. The second-order valence-electron chi connectivity index (χ2n) is 11.3. The van der Waals surface area contributed by atoms with Crippen molar-refractivity contribution in [1.82, 2.24) is 15.3 Å². The standard InChI is InChI=1S/C33H29N3O6.Na/c1-41-27-15-20(14-24-23(27)6-9-36-29(24)18-2-3-18)30(37)28-31(38)25-13-19(21-12-22(32(39)40)17-35-16-21)4-5-26(25)42-33(28)7-10-34-11-8-33;/h4-6,9,12-18,28,34H,2-3,7-8,10-11H2,1H3,(H,39,40);/q;+1/p-1/t28-;/m1./s1. The van der Waals surface area contributed by atoms with E-state index >= 15 is 0 Å². The summed E-state index contributed by atoms with van der Waals surface area (Å²) in [6.07, 6.45) is 7.60. The van der Waals surface area contributed by atoms with E-state index in [9.17, 15) is 19.5 Å². The van der Waals surface area contributed by atoms with Crippen LogP contribution in [0.15, 0.2) is 61.1 Å². The first-order valence-corrected chi connectivity index (χ1v) is 14.1. The fraction of sp³-hybridized carbons (Fsp3) is 0.303. The predicted molar refractivity (Wildman–Crippen MR) is 152 cm³/mol. The number of carboxylic acid groups (broad SMARTS) is 1. The summed E-state index contributed by atoms with van der Waals surface area (Å²) in [5.74, 6) is -1.72. The molecule has 1 atom stereocenters. The van der Waals surface area contributed by atoms with E-state index in [2.05, 4.69) is 15.3 Å². The number of piperidine rings is 1. The molecular formula is C33H28N3NaO6. The summed E-state index contributed by atoms with van der Waals surface area (Å²) in [5, 5.41) is 16.5. The second kappa shape index (κ2) is 11.5. The van der Waals surface area contributed by atoms with Crippen LogP contribution in [0, 0.1) is 5.92 Å². The number of pyridine rings is 2. The third-order valence-electron chi connectivity index (χ3n) is 8.71. The van der Waals surface area contributed by atoms with Gasteiger partial charge in [0.25, 0.3) is 0 Å². The number of carboxylic acids is 1. The van der Waals surface area contributed by atoms with E-state index in [0.717, 1.165) is 29.3 Å². The van der Waals surface area contributed by atoms with Crippen LogP contribution in [0.3, 0.4) is 0 Å². The zero-order valence-corrected chi connectivity index (χ0v) is 26.0. The molecule has 9 nitrogen and oxygen atoms in total. The molecule has 0 radical (unpaired) electrons. The van der Waals surface area contributed by atoms with Crippen LogP contribution in [0.25, 0.3) is 21.9 Å². The number of aromatic carboxylic acids is 1. The van der Waals surface area contributed by atoms with E-state index < -0.39 is 17.5 Å². The number of ether oxygens (including phenoxy) is 2. The molecule has 1 spiro atoms. The first-order chi connectivity index (χ1) is 20.4. The number of nitrogens with zero attached hydrogens (tertiary/aromatic N) is 2. The molecular weight excluding hydrogens is 557 g/mol. The Balaban J connectivity index is 0.00000329. The Morgan fingerprint density at radius 2 is 1.79 bits per heavy atom. The topological polar surface area (TPSA) is 131 Å². The molecule has 7 rings (SSSR count). The molecule has 2 aliphatic heterocycles. The zero-order valence-electron chi connectivity index (χ0n) is 24.0. The number of hydrogen-bond acceptors (Lipinski definition) is 9. The first-order valence-electron chi connectivity index (χ1n) is 14.1. The summed E-state index contributed by atoms with van der Waals surface area (Å²) in [6.45, 7) is 1.23. The van der Waals surface area contributed by atoms with E-state index in [1.807, 2.05) is 12.1 Å². The van der Waals surface area contributed by atoms with Gasteiger partial charge < -0.3 is 24.7 Å². The molecule has 0 amide bonds. The van der Waals surface area contributed by atoms with Gasteiger partial charge in [0.1, 0.15) is 23.0 Å². The molecule has 43 heavy (non-hydrogen) atoms. The maximum absolute atomic E-state index is 14.5. The normalized spacial score (nSPS) is 18.8. The van der Waals surface area contributed by atoms with E-state index in [1.54, 1.807) is 37.6 Å². The van der Waals surface area contributed by atoms with Gasteiger partial charge in [0, 0.05) is 64.8 Å². The van der Waals surface area contributed by atoms with Crippen molar-refractivity contribution in [2.45, 2.75) is 37.2 Å². The molecule has 10 heteroatoms. The van der Waals surface area contributed by atoms with Gasteiger partial charge in [-0.2, -0.15) is 0 Å². The number of benzene rings is 2. The third-order valence-corrected chi connectivity index (χ3v) is 8.71. The van der Waals surface area contributed by atoms with Crippen LogP contribution in [-0.2, 0) is 0 Å². The van der Waals surface area contributed by atoms with E-state index in [1.165, 1.54) is 18.5 Å². The summed E-state index contributed by atoms with van der Waals surface area (Å²) >= 11 is 0. The van der Waals surface area contributed by atoms with Crippen molar-refractivity contribution >= 4 is 28.3 Å². The molecule has 4 aromatic rings. The number of fused-ring (bicyclic) bond motifs is 2. The molecule has 2 fully saturated rings. The number of carbonyl (C=O) groups excluding carboxylic acids is 3. The molecule has 1 saturated carbocycles. The number of hydrogen-bond donors (Lipinski definition) is 1. The summed E-state index contributed by atoms with van der Waals surface area (Å²) in [6, 6.07) is 12.0. The van der Waals surface area contributed by atoms with Gasteiger partial charge in [-0.05, 0) is 67.9 Å². The monoisotopic (exact) mass is 585 g/mol. The molecule has 212 valence electrons. The molecule has 4 heterocycles. The summed E-state index contributed by atoms with van der Waals surface area (Å²) in [4.78, 5) is 48.9. The fourth-order valence-electron chi connectivity index (χ4n) is 6.40. The molecule has 2 aromatic carbocycles. The van der Waals surface area contributed by atoms with Crippen molar-refractivity contribution < 1.29 is 58.5 Å². The Bertz CT molecular complexity index is 1780. The first kappa shape index (κ1) is 29.4. The number of Topliss-reactive ketones (excluding diaryl/α,β-unsaturated/α-hetero) is 2. The minimum atomic E-state index is -1.34. The minimum Gasteiger partial charge on any atom is -0.545 e. The summed E-state index contributed by atoms with van der Waals surface area (Å²) in [7, 11) is 1.57. The molecule has 2 aromatic heterocycles. The third kappa shape index (κ3) is 5.14. The average Bonchev–Trinajstić information content (AvgIpc) is 3.86. The number of nitrogens with one attached hydrogen (secondary N) is 1. The van der Waals surface area contributed by atoms with Gasteiger partial charge in [0.2, 0.25) is 0 Å². The number of ketones is 2. The van der Waals surface area contributed by atoms with E-state index in [0.29, 0.717) is 60.0 Å². The Morgan fingerprint density at radius 1 is 1.00 bits per heavy atom.